The van der Waals surface area contributed by atoms with Gasteiger partial charge >= 0.3 is 5.97 Å². The van der Waals surface area contributed by atoms with Crippen molar-refractivity contribution < 1.29 is 19.4 Å². The lowest BCUT2D eigenvalue weighted by atomic mass is 9.96. The van der Waals surface area contributed by atoms with E-state index in [-0.39, 0.29) is 6.61 Å². The highest BCUT2D eigenvalue weighted by molar-refractivity contribution is 5.87. The van der Waals surface area contributed by atoms with Crippen molar-refractivity contribution in [3.8, 4) is 5.75 Å². The van der Waals surface area contributed by atoms with E-state index in [4.69, 9.17) is 4.74 Å². The quantitative estimate of drug-likeness (QED) is 0.771. The van der Waals surface area contributed by atoms with Crippen LogP contribution < -0.4 is 10.1 Å². The molecule has 1 rings (SSSR count). The van der Waals surface area contributed by atoms with Crippen LogP contribution in [0.25, 0.3) is 0 Å². The summed E-state index contributed by atoms with van der Waals surface area (Å²) in [4.78, 5) is 23.1. The molecule has 0 saturated heterocycles. The number of amides is 1. The Morgan fingerprint density at radius 2 is 1.86 bits per heavy atom. The van der Waals surface area contributed by atoms with E-state index in [2.05, 4.69) is 12.2 Å². The van der Waals surface area contributed by atoms with E-state index in [1.807, 2.05) is 19.1 Å². The first-order valence-electron chi connectivity index (χ1n) is 7.17. The molecule has 5 heteroatoms. The molecule has 1 aromatic carbocycles. The van der Waals surface area contributed by atoms with Gasteiger partial charge in [0.05, 0.1) is 0 Å². The Bertz CT molecular complexity index is 484. The number of hydrogen-bond acceptors (Lipinski definition) is 3. The Morgan fingerprint density at radius 3 is 2.33 bits per heavy atom. The monoisotopic (exact) mass is 293 g/mol. The molecular weight excluding hydrogens is 270 g/mol. The van der Waals surface area contributed by atoms with Crippen molar-refractivity contribution in [2.24, 2.45) is 0 Å². The molecule has 1 atom stereocenters. The Morgan fingerprint density at radius 1 is 1.24 bits per heavy atom. The number of benzene rings is 1. The van der Waals surface area contributed by atoms with Gasteiger partial charge in [0.15, 0.2) is 6.61 Å². The van der Waals surface area contributed by atoms with Crippen LogP contribution in [0.4, 0.5) is 0 Å². The van der Waals surface area contributed by atoms with Crippen molar-refractivity contribution in [3.63, 3.8) is 0 Å². The van der Waals surface area contributed by atoms with Gasteiger partial charge in [0.1, 0.15) is 11.3 Å². The van der Waals surface area contributed by atoms with Crippen LogP contribution in [0, 0.1) is 0 Å². The Balaban J connectivity index is 2.54. The fraction of sp³-hybridized carbons (Fsp3) is 0.500. The van der Waals surface area contributed by atoms with Gasteiger partial charge in [-0.25, -0.2) is 4.79 Å². The van der Waals surface area contributed by atoms with E-state index in [0.29, 0.717) is 18.6 Å². The van der Waals surface area contributed by atoms with Gasteiger partial charge in [-0.2, -0.15) is 0 Å². The SMILES string of the molecule is CCCC(C)(NC(=O)COc1ccc(CC)cc1)C(=O)O. The summed E-state index contributed by atoms with van der Waals surface area (Å²) in [6, 6.07) is 7.47. The van der Waals surface area contributed by atoms with Crippen LogP contribution in [0.2, 0.25) is 0 Å². The molecule has 0 aliphatic rings. The molecule has 0 spiro atoms. The largest absolute Gasteiger partial charge is 0.484 e. The third-order valence-corrected chi connectivity index (χ3v) is 3.34. The Kier molecular flexibility index (Phi) is 6.21. The molecule has 1 aromatic rings. The minimum Gasteiger partial charge on any atom is -0.484 e. The van der Waals surface area contributed by atoms with E-state index in [1.54, 1.807) is 12.1 Å². The van der Waals surface area contributed by atoms with Crippen LogP contribution >= 0.6 is 0 Å². The summed E-state index contributed by atoms with van der Waals surface area (Å²) in [5, 5.41) is 11.7. The molecule has 21 heavy (non-hydrogen) atoms. The van der Waals surface area contributed by atoms with Crippen LogP contribution in [-0.2, 0) is 16.0 Å². The van der Waals surface area contributed by atoms with Crippen molar-refractivity contribution >= 4 is 11.9 Å². The zero-order valence-electron chi connectivity index (χ0n) is 12.8. The molecule has 0 aliphatic carbocycles. The number of hydrogen-bond donors (Lipinski definition) is 2. The number of ether oxygens (including phenoxy) is 1. The van der Waals surface area contributed by atoms with E-state index in [0.717, 1.165) is 6.42 Å². The average molecular weight is 293 g/mol. The molecule has 0 aliphatic heterocycles. The normalized spacial score (nSPS) is 13.3. The maximum Gasteiger partial charge on any atom is 0.329 e. The fourth-order valence-electron chi connectivity index (χ4n) is 2.04. The molecule has 1 unspecified atom stereocenters. The molecule has 0 bridgehead atoms. The van der Waals surface area contributed by atoms with Crippen LogP contribution in [-0.4, -0.2) is 29.1 Å². The lowest BCUT2D eigenvalue weighted by Crippen LogP contribution is -2.53. The topological polar surface area (TPSA) is 75.6 Å². The van der Waals surface area contributed by atoms with Gasteiger partial charge < -0.3 is 15.2 Å². The minimum atomic E-state index is -1.25. The lowest BCUT2D eigenvalue weighted by Gasteiger charge is -2.25. The highest BCUT2D eigenvalue weighted by atomic mass is 16.5. The lowest BCUT2D eigenvalue weighted by molar-refractivity contribution is -0.147. The first kappa shape index (κ1) is 17.0. The highest BCUT2D eigenvalue weighted by Gasteiger charge is 2.33. The van der Waals surface area contributed by atoms with Crippen molar-refractivity contribution in [1.29, 1.82) is 0 Å². The summed E-state index contributed by atoms with van der Waals surface area (Å²) in [7, 11) is 0. The number of carboxylic acid groups (broad SMARTS) is 1. The second-order valence-corrected chi connectivity index (χ2v) is 5.22. The summed E-state index contributed by atoms with van der Waals surface area (Å²) >= 11 is 0. The molecule has 0 saturated carbocycles. The van der Waals surface area contributed by atoms with Crippen LogP contribution in [0.5, 0.6) is 5.75 Å². The van der Waals surface area contributed by atoms with Crippen molar-refractivity contribution in [2.45, 2.75) is 45.6 Å². The van der Waals surface area contributed by atoms with E-state index >= 15 is 0 Å². The summed E-state index contributed by atoms with van der Waals surface area (Å²) in [6.07, 6.45) is 1.98. The van der Waals surface area contributed by atoms with E-state index < -0.39 is 17.4 Å². The van der Waals surface area contributed by atoms with E-state index in [9.17, 15) is 14.7 Å². The molecule has 0 heterocycles. The third kappa shape index (κ3) is 5.10. The maximum absolute atomic E-state index is 11.8. The molecule has 0 aromatic heterocycles. The molecule has 5 nitrogen and oxygen atoms in total. The predicted molar refractivity (Wildman–Crippen MR) is 80.4 cm³/mol. The first-order chi connectivity index (χ1) is 9.91. The van der Waals surface area contributed by atoms with Gasteiger partial charge in [0.25, 0.3) is 5.91 Å². The number of carbonyl (C=O) groups excluding carboxylic acids is 1. The van der Waals surface area contributed by atoms with Gasteiger partial charge in [0.2, 0.25) is 0 Å². The van der Waals surface area contributed by atoms with Crippen molar-refractivity contribution in [3.05, 3.63) is 29.8 Å². The molecule has 2 N–H and O–H groups in total. The number of aliphatic carboxylic acids is 1. The van der Waals surface area contributed by atoms with Crippen LogP contribution in [0.15, 0.2) is 24.3 Å². The summed E-state index contributed by atoms with van der Waals surface area (Å²) in [5.41, 5.74) is -0.0606. The molecule has 116 valence electrons. The van der Waals surface area contributed by atoms with Gasteiger partial charge in [-0.15, -0.1) is 0 Å². The fourth-order valence-corrected chi connectivity index (χ4v) is 2.04. The Labute approximate surface area is 125 Å². The van der Waals surface area contributed by atoms with Crippen molar-refractivity contribution in [2.75, 3.05) is 6.61 Å². The summed E-state index contributed by atoms with van der Waals surface area (Å²) in [5.74, 6) is -0.882. The molecular formula is C16H23NO4. The summed E-state index contributed by atoms with van der Waals surface area (Å²) in [6.45, 7) is 5.24. The molecule has 0 radical (unpaired) electrons. The smallest absolute Gasteiger partial charge is 0.329 e. The van der Waals surface area contributed by atoms with Gasteiger partial charge in [-0.05, 0) is 37.5 Å². The number of carbonyl (C=O) groups is 2. The summed E-state index contributed by atoms with van der Waals surface area (Å²) < 4.78 is 5.37. The minimum absolute atomic E-state index is 0.196. The highest BCUT2D eigenvalue weighted by Crippen LogP contribution is 2.14. The number of aryl methyl sites for hydroxylation is 1. The first-order valence-corrected chi connectivity index (χ1v) is 7.17. The second kappa shape index (κ2) is 7.67. The Hall–Kier alpha value is -2.04. The predicted octanol–water partition coefficient (Wildman–Crippen LogP) is 2.39. The average Bonchev–Trinajstić information content (AvgIpc) is 2.45. The van der Waals surface area contributed by atoms with Crippen LogP contribution in [0.3, 0.4) is 0 Å². The van der Waals surface area contributed by atoms with Gasteiger partial charge in [0, 0.05) is 0 Å². The molecule has 0 fully saturated rings. The molecule has 1 amide bonds. The third-order valence-electron chi connectivity index (χ3n) is 3.34. The zero-order valence-corrected chi connectivity index (χ0v) is 12.8. The van der Waals surface area contributed by atoms with Gasteiger partial charge in [-0.1, -0.05) is 32.4 Å². The standard InChI is InChI=1S/C16H23NO4/c1-4-10-16(3,15(19)20)17-14(18)11-21-13-8-6-12(5-2)7-9-13/h6-9H,4-5,10-11H2,1-3H3,(H,17,18)(H,19,20). The van der Waals surface area contributed by atoms with E-state index in [1.165, 1.54) is 12.5 Å². The maximum atomic E-state index is 11.8. The second-order valence-electron chi connectivity index (χ2n) is 5.22. The zero-order chi connectivity index (χ0) is 15.9. The number of carboxylic acids is 1. The van der Waals surface area contributed by atoms with Gasteiger partial charge in [-0.3, -0.25) is 4.79 Å². The number of rotatable bonds is 8. The van der Waals surface area contributed by atoms with Crippen LogP contribution in [0.1, 0.15) is 39.2 Å². The number of nitrogens with one attached hydrogen (secondary N) is 1. The van der Waals surface area contributed by atoms with Crippen molar-refractivity contribution in [1.82, 2.24) is 5.32 Å².